The third kappa shape index (κ3) is 7.91. The number of urea groups is 1. The summed E-state index contributed by atoms with van der Waals surface area (Å²) in [7, 11) is 0. The van der Waals surface area contributed by atoms with E-state index in [1.165, 1.54) is 51.9 Å². The van der Waals surface area contributed by atoms with E-state index in [2.05, 4.69) is 25.1 Å². The van der Waals surface area contributed by atoms with Crippen LogP contribution in [0.5, 0.6) is 5.75 Å². The summed E-state index contributed by atoms with van der Waals surface area (Å²) in [5.41, 5.74) is 4.20. The van der Waals surface area contributed by atoms with Crippen molar-refractivity contribution in [2.75, 3.05) is 16.0 Å². The summed E-state index contributed by atoms with van der Waals surface area (Å²) in [4.78, 5) is 35.6. The average Bonchev–Trinajstić information content (AvgIpc) is 3.59. The highest BCUT2D eigenvalue weighted by molar-refractivity contribution is 8.15. The normalized spacial score (nSPS) is 14.6. The second-order valence-corrected chi connectivity index (χ2v) is 11.6. The van der Waals surface area contributed by atoms with Gasteiger partial charge < -0.3 is 10.1 Å². The van der Waals surface area contributed by atoms with Crippen LogP contribution in [0.1, 0.15) is 42.3 Å². The minimum Gasteiger partial charge on any atom is -0.406 e. The lowest BCUT2D eigenvalue weighted by molar-refractivity contribution is -0.274. The summed E-state index contributed by atoms with van der Waals surface area (Å²) in [5.74, 6) is 0.190. The number of alkyl halides is 3. The predicted octanol–water partition coefficient (Wildman–Crippen LogP) is 8.09. The van der Waals surface area contributed by atoms with E-state index in [0.717, 1.165) is 11.1 Å². The van der Waals surface area contributed by atoms with E-state index in [1.54, 1.807) is 30.4 Å². The van der Waals surface area contributed by atoms with Crippen molar-refractivity contribution in [2.24, 2.45) is 4.99 Å². The first-order valence-corrected chi connectivity index (χ1v) is 14.9. The van der Waals surface area contributed by atoms with E-state index >= 15 is 0 Å². The molecule has 5 rings (SSSR count). The van der Waals surface area contributed by atoms with Crippen LogP contribution in [0.25, 0.3) is 17.8 Å². The molecule has 0 radical (unpaired) electrons. The molecule has 0 spiro atoms. The molecule has 0 bridgehead atoms. The van der Waals surface area contributed by atoms with Gasteiger partial charge in [0.1, 0.15) is 12.1 Å². The van der Waals surface area contributed by atoms with Gasteiger partial charge in [-0.2, -0.15) is 4.99 Å². The molecule has 0 unspecified atom stereocenters. The van der Waals surface area contributed by atoms with Crippen LogP contribution in [0, 0.1) is 6.92 Å². The molecule has 4 aromatic rings. The maximum atomic E-state index is 12.9. The van der Waals surface area contributed by atoms with E-state index in [0.29, 0.717) is 28.5 Å². The van der Waals surface area contributed by atoms with Crippen LogP contribution in [0.3, 0.4) is 0 Å². The summed E-state index contributed by atoms with van der Waals surface area (Å²) in [6.45, 7) is 6.02. The summed E-state index contributed by atoms with van der Waals surface area (Å²) in [6.07, 6.45) is -0.00420. The van der Waals surface area contributed by atoms with Gasteiger partial charge in [-0.15, -0.1) is 18.3 Å². The number of aromatic nitrogens is 3. The minimum atomic E-state index is -4.77. The second kappa shape index (κ2) is 13.2. The molecule has 232 valence electrons. The van der Waals surface area contributed by atoms with Crippen molar-refractivity contribution in [3.05, 3.63) is 94.5 Å². The number of carbonyl (C=O) groups is 2. The number of carbonyl (C=O) groups excluding carboxylic acids is 2. The van der Waals surface area contributed by atoms with E-state index < -0.39 is 12.4 Å². The number of hydrogen-bond donors (Lipinski definition) is 1. The lowest BCUT2D eigenvalue weighted by Gasteiger charge is -2.22. The SMILES string of the molecule is Cc1ccc(C(C)C)c(N2C(=O)CS/C2=N\C(=O)Nc2ccc(/C=C/c3ncn(-c4ccc(OC(F)(F)F)cc4)n3)cc2Cl)c1. The summed E-state index contributed by atoms with van der Waals surface area (Å²) >= 11 is 7.64. The van der Waals surface area contributed by atoms with Crippen LogP contribution in [0.15, 0.2) is 72.0 Å². The van der Waals surface area contributed by atoms with Crippen LogP contribution >= 0.6 is 23.4 Å². The lowest BCUT2D eigenvalue weighted by Crippen LogP contribution is -2.31. The molecule has 14 heteroatoms. The van der Waals surface area contributed by atoms with Gasteiger partial charge in [0, 0.05) is 0 Å². The number of aliphatic imine (C=N–C) groups is 1. The Balaban J connectivity index is 1.25. The van der Waals surface area contributed by atoms with Crippen LogP contribution in [0.4, 0.5) is 29.3 Å². The Hall–Kier alpha value is -4.62. The van der Waals surface area contributed by atoms with Crippen molar-refractivity contribution >= 4 is 64.0 Å². The average molecular weight is 655 g/mol. The highest BCUT2D eigenvalue weighted by Crippen LogP contribution is 2.34. The van der Waals surface area contributed by atoms with Crippen molar-refractivity contribution in [3.63, 3.8) is 0 Å². The first kappa shape index (κ1) is 31.8. The van der Waals surface area contributed by atoms with Gasteiger partial charge in [0.05, 0.1) is 27.8 Å². The fourth-order valence-corrected chi connectivity index (χ4v) is 5.53. The number of aryl methyl sites for hydroxylation is 1. The third-order valence-corrected chi connectivity index (χ3v) is 7.75. The van der Waals surface area contributed by atoms with Crippen molar-refractivity contribution < 1.29 is 27.5 Å². The number of ether oxygens (including phenoxy) is 1. The molecule has 1 fully saturated rings. The van der Waals surface area contributed by atoms with Crippen LogP contribution in [-0.2, 0) is 4.79 Å². The monoisotopic (exact) mass is 654 g/mol. The Morgan fingerprint density at radius 3 is 2.56 bits per heavy atom. The molecule has 2 heterocycles. The lowest BCUT2D eigenvalue weighted by atomic mass is 9.99. The number of amidine groups is 1. The summed E-state index contributed by atoms with van der Waals surface area (Å²) < 4.78 is 42.5. The number of rotatable bonds is 7. The number of amides is 3. The van der Waals surface area contributed by atoms with Crippen LogP contribution in [0.2, 0.25) is 5.02 Å². The quantitative estimate of drug-likeness (QED) is 0.216. The Morgan fingerprint density at radius 2 is 1.87 bits per heavy atom. The van der Waals surface area contributed by atoms with Crippen LogP contribution < -0.4 is 15.0 Å². The van der Waals surface area contributed by atoms with E-state index in [4.69, 9.17) is 11.6 Å². The minimum absolute atomic E-state index is 0.152. The standard InChI is InChI=1S/C31H26ClF3N6O3S/c1-18(2)23-11-4-19(3)14-26(23)41-28(42)16-45-30(41)38-29(43)37-25-12-5-20(15-24(25)32)6-13-27-36-17-40(39-27)21-7-9-22(10-8-21)44-31(33,34)35/h4-15,17-18H,16H2,1-3H3,(H,37,43)/b13-6+,38-30-. The van der Waals surface area contributed by atoms with Crippen molar-refractivity contribution in [2.45, 2.75) is 33.1 Å². The fourth-order valence-electron chi connectivity index (χ4n) is 4.43. The molecule has 1 aliphatic heterocycles. The van der Waals surface area contributed by atoms with E-state index in [1.807, 2.05) is 39.0 Å². The molecule has 3 amide bonds. The smallest absolute Gasteiger partial charge is 0.406 e. The van der Waals surface area contributed by atoms with Crippen molar-refractivity contribution in [1.29, 1.82) is 0 Å². The second-order valence-electron chi connectivity index (χ2n) is 10.2. The highest BCUT2D eigenvalue weighted by Gasteiger charge is 2.33. The molecule has 45 heavy (non-hydrogen) atoms. The Morgan fingerprint density at radius 1 is 1.11 bits per heavy atom. The van der Waals surface area contributed by atoms with Crippen LogP contribution in [-0.4, -0.2) is 44.0 Å². The summed E-state index contributed by atoms with van der Waals surface area (Å²) in [6, 6.07) is 15.4. The van der Waals surface area contributed by atoms with Gasteiger partial charge in [-0.05, 0) is 78.1 Å². The molecule has 1 saturated heterocycles. The zero-order valence-corrected chi connectivity index (χ0v) is 25.7. The van der Waals surface area contributed by atoms with Gasteiger partial charge >= 0.3 is 12.4 Å². The topological polar surface area (TPSA) is 102 Å². The largest absolute Gasteiger partial charge is 0.573 e. The molecular formula is C31H26ClF3N6O3S. The maximum absolute atomic E-state index is 12.9. The van der Waals surface area contributed by atoms with E-state index in [-0.39, 0.29) is 33.5 Å². The third-order valence-electron chi connectivity index (χ3n) is 6.52. The first-order valence-electron chi connectivity index (χ1n) is 13.6. The molecule has 0 aliphatic carbocycles. The number of thioether (sulfide) groups is 1. The first-order chi connectivity index (χ1) is 21.4. The number of anilines is 2. The predicted molar refractivity (Wildman–Crippen MR) is 170 cm³/mol. The zero-order chi connectivity index (χ0) is 32.3. The summed E-state index contributed by atoms with van der Waals surface area (Å²) in [5, 5.41) is 7.53. The molecule has 1 aromatic heterocycles. The van der Waals surface area contributed by atoms with Crippen molar-refractivity contribution in [3.8, 4) is 11.4 Å². The van der Waals surface area contributed by atoms with Gasteiger partial charge in [-0.25, -0.2) is 14.5 Å². The fraction of sp³-hybridized carbons (Fsp3) is 0.194. The van der Waals surface area contributed by atoms with Gasteiger partial charge in [0.2, 0.25) is 5.91 Å². The number of nitrogens with one attached hydrogen (secondary N) is 1. The maximum Gasteiger partial charge on any atom is 0.573 e. The van der Waals surface area contributed by atoms with Gasteiger partial charge in [0.25, 0.3) is 0 Å². The van der Waals surface area contributed by atoms with Gasteiger partial charge in [-0.1, -0.05) is 61.5 Å². The highest BCUT2D eigenvalue weighted by atomic mass is 35.5. The molecule has 1 aliphatic rings. The molecular weight excluding hydrogens is 629 g/mol. The zero-order valence-electron chi connectivity index (χ0n) is 24.2. The van der Waals surface area contributed by atoms with E-state index in [9.17, 15) is 22.8 Å². The molecule has 9 nitrogen and oxygen atoms in total. The molecule has 1 N–H and O–H groups in total. The van der Waals surface area contributed by atoms with Gasteiger partial charge in [0.15, 0.2) is 11.0 Å². The number of halogens is 4. The Labute approximate surface area is 265 Å². The Bertz CT molecular complexity index is 1810. The van der Waals surface area contributed by atoms with Gasteiger partial charge in [-0.3, -0.25) is 9.69 Å². The molecule has 0 atom stereocenters. The number of hydrogen-bond acceptors (Lipinski definition) is 6. The number of benzene rings is 3. The molecule has 0 saturated carbocycles. The number of nitrogens with zero attached hydrogens (tertiary/aromatic N) is 5. The van der Waals surface area contributed by atoms with Crippen molar-refractivity contribution in [1.82, 2.24) is 14.8 Å². The Kier molecular flexibility index (Phi) is 9.30. The molecule has 3 aromatic carbocycles.